The Bertz CT molecular complexity index is 525. The van der Waals surface area contributed by atoms with Crippen LogP contribution in [0, 0.1) is 5.82 Å². The van der Waals surface area contributed by atoms with Crippen LogP contribution in [0.15, 0.2) is 42.5 Å². The van der Waals surface area contributed by atoms with Gasteiger partial charge in [0.25, 0.3) is 0 Å². The molecule has 2 rings (SSSR count). The number of hydrogen-bond donors (Lipinski definition) is 1. The first kappa shape index (κ1) is 12.1. The van der Waals surface area contributed by atoms with E-state index in [0.29, 0.717) is 5.02 Å². The molecule has 1 nitrogen and oxygen atoms in total. The van der Waals surface area contributed by atoms with Gasteiger partial charge in [-0.15, -0.1) is 0 Å². The van der Waals surface area contributed by atoms with Crippen LogP contribution in [0.2, 0.25) is 5.02 Å². The topological polar surface area (TPSA) is 12.0 Å². The van der Waals surface area contributed by atoms with Crippen LogP contribution in [0.3, 0.4) is 0 Å². The van der Waals surface area contributed by atoms with Crippen LogP contribution in [-0.2, 0) is 6.54 Å². The minimum absolute atomic E-state index is 0.274. The molecule has 1 N–H and O–H groups in total. The summed E-state index contributed by atoms with van der Waals surface area (Å²) in [5.74, 6) is -0.274. The lowest BCUT2D eigenvalue weighted by atomic mass is 9.99. The van der Waals surface area contributed by atoms with Crippen molar-refractivity contribution >= 4 is 11.6 Å². The van der Waals surface area contributed by atoms with E-state index in [1.54, 1.807) is 6.07 Å². The van der Waals surface area contributed by atoms with E-state index in [0.717, 1.165) is 23.2 Å². The standard InChI is InChI=1S/C14H13ClFN/c1-17-9-10-4-2-3-5-12(10)13-8-11(16)6-7-14(13)15/h2-8,17H,9H2,1H3. The smallest absolute Gasteiger partial charge is 0.123 e. The lowest BCUT2D eigenvalue weighted by Gasteiger charge is -2.10. The summed E-state index contributed by atoms with van der Waals surface area (Å²) in [6, 6.07) is 12.3. The van der Waals surface area contributed by atoms with Crippen molar-refractivity contribution < 1.29 is 4.39 Å². The Kier molecular flexibility index (Phi) is 3.77. The van der Waals surface area contributed by atoms with Gasteiger partial charge in [-0.1, -0.05) is 35.9 Å². The van der Waals surface area contributed by atoms with E-state index in [1.165, 1.54) is 12.1 Å². The van der Waals surface area contributed by atoms with E-state index < -0.39 is 0 Å². The fourth-order valence-electron chi connectivity index (χ4n) is 1.83. The molecule has 2 aromatic carbocycles. The van der Waals surface area contributed by atoms with Gasteiger partial charge in [-0.2, -0.15) is 0 Å². The van der Waals surface area contributed by atoms with Gasteiger partial charge >= 0.3 is 0 Å². The van der Waals surface area contributed by atoms with Gasteiger partial charge in [-0.3, -0.25) is 0 Å². The molecule has 0 aliphatic heterocycles. The first-order chi connectivity index (χ1) is 8.22. The molecule has 0 spiro atoms. The SMILES string of the molecule is CNCc1ccccc1-c1cc(F)ccc1Cl. The second-order valence-corrected chi connectivity index (χ2v) is 4.22. The molecule has 17 heavy (non-hydrogen) atoms. The Hall–Kier alpha value is -1.38. The number of nitrogens with one attached hydrogen (secondary N) is 1. The molecule has 88 valence electrons. The summed E-state index contributed by atoms with van der Waals surface area (Å²) in [6.45, 7) is 0.725. The van der Waals surface area contributed by atoms with Crippen molar-refractivity contribution in [2.45, 2.75) is 6.54 Å². The molecule has 0 bridgehead atoms. The molecule has 0 aromatic heterocycles. The zero-order valence-electron chi connectivity index (χ0n) is 9.50. The summed E-state index contributed by atoms with van der Waals surface area (Å²) >= 11 is 6.12. The second-order valence-electron chi connectivity index (χ2n) is 3.81. The normalized spacial score (nSPS) is 10.5. The molecule has 3 heteroatoms. The van der Waals surface area contributed by atoms with E-state index in [1.807, 2.05) is 31.3 Å². The van der Waals surface area contributed by atoms with Crippen molar-refractivity contribution in [3.8, 4) is 11.1 Å². The Morgan fingerprint density at radius 3 is 2.65 bits per heavy atom. The van der Waals surface area contributed by atoms with Crippen molar-refractivity contribution in [1.82, 2.24) is 5.32 Å². The van der Waals surface area contributed by atoms with Gasteiger partial charge in [0, 0.05) is 17.1 Å². The molecule has 0 saturated carbocycles. The predicted molar refractivity (Wildman–Crippen MR) is 69.6 cm³/mol. The molecule has 0 aliphatic carbocycles. The highest BCUT2D eigenvalue weighted by atomic mass is 35.5. The molecule has 0 atom stereocenters. The third kappa shape index (κ3) is 2.65. The van der Waals surface area contributed by atoms with E-state index in [2.05, 4.69) is 5.32 Å². The van der Waals surface area contributed by atoms with Gasteiger partial charge in [0.2, 0.25) is 0 Å². The van der Waals surface area contributed by atoms with Crippen molar-refractivity contribution in [3.63, 3.8) is 0 Å². The minimum atomic E-state index is -0.274. The van der Waals surface area contributed by atoms with Gasteiger partial charge in [-0.05, 0) is 36.4 Å². The van der Waals surface area contributed by atoms with Crippen molar-refractivity contribution in [2.75, 3.05) is 7.05 Å². The fraction of sp³-hybridized carbons (Fsp3) is 0.143. The quantitative estimate of drug-likeness (QED) is 0.871. The number of benzene rings is 2. The zero-order valence-corrected chi connectivity index (χ0v) is 10.3. The van der Waals surface area contributed by atoms with E-state index in [9.17, 15) is 4.39 Å². The number of hydrogen-bond acceptors (Lipinski definition) is 1. The van der Waals surface area contributed by atoms with Crippen LogP contribution >= 0.6 is 11.6 Å². The maximum atomic E-state index is 13.3. The Morgan fingerprint density at radius 2 is 1.88 bits per heavy atom. The largest absolute Gasteiger partial charge is 0.316 e. The first-order valence-corrected chi connectivity index (χ1v) is 5.78. The lowest BCUT2D eigenvalue weighted by Crippen LogP contribution is -2.06. The van der Waals surface area contributed by atoms with Gasteiger partial charge in [0.05, 0.1) is 0 Å². The van der Waals surface area contributed by atoms with Crippen LogP contribution in [0.25, 0.3) is 11.1 Å². The van der Waals surface area contributed by atoms with Crippen molar-refractivity contribution in [1.29, 1.82) is 0 Å². The maximum absolute atomic E-state index is 13.3. The average molecular weight is 250 g/mol. The number of rotatable bonds is 3. The van der Waals surface area contributed by atoms with Crippen LogP contribution in [0.4, 0.5) is 4.39 Å². The Morgan fingerprint density at radius 1 is 1.12 bits per heavy atom. The summed E-state index contributed by atoms with van der Waals surface area (Å²) in [6.07, 6.45) is 0. The van der Waals surface area contributed by atoms with Crippen LogP contribution < -0.4 is 5.32 Å². The monoisotopic (exact) mass is 249 g/mol. The average Bonchev–Trinajstić information content (AvgIpc) is 2.34. The molecular weight excluding hydrogens is 237 g/mol. The summed E-state index contributed by atoms with van der Waals surface area (Å²) in [5, 5.41) is 3.66. The minimum Gasteiger partial charge on any atom is -0.316 e. The fourth-order valence-corrected chi connectivity index (χ4v) is 2.05. The van der Waals surface area contributed by atoms with E-state index in [-0.39, 0.29) is 5.82 Å². The number of halogens is 2. The Labute approximate surface area is 105 Å². The van der Waals surface area contributed by atoms with Gasteiger partial charge in [-0.25, -0.2) is 4.39 Å². The van der Waals surface area contributed by atoms with E-state index in [4.69, 9.17) is 11.6 Å². The van der Waals surface area contributed by atoms with Crippen LogP contribution in [-0.4, -0.2) is 7.05 Å². The highest BCUT2D eigenvalue weighted by molar-refractivity contribution is 6.33. The second kappa shape index (κ2) is 5.30. The Balaban J connectivity index is 2.55. The predicted octanol–water partition coefficient (Wildman–Crippen LogP) is 3.87. The highest BCUT2D eigenvalue weighted by Gasteiger charge is 2.08. The van der Waals surface area contributed by atoms with Crippen molar-refractivity contribution in [2.24, 2.45) is 0 Å². The third-order valence-corrected chi connectivity index (χ3v) is 2.93. The molecule has 0 unspecified atom stereocenters. The molecule has 0 amide bonds. The summed E-state index contributed by atoms with van der Waals surface area (Å²) < 4.78 is 13.3. The summed E-state index contributed by atoms with van der Waals surface area (Å²) in [7, 11) is 1.88. The zero-order chi connectivity index (χ0) is 12.3. The molecule has 0 saturated heterocycles. The molecule has 0 fully saturated rings. The highest BCUT2D eigenvalue weighted by Crippen LogP contribution is 2.31. The summed E-state index contributed by atoms with van der Waals surface area (Å²) in [5.41, 5.74) is 2.80. The summed E-state index contributed by atoms with van der Waals surface area (Å²) in [4.78, 5) is 0. The first-order valence-electron chi connectivity index (χ1n) is 5.40. The van der Waals surface area contributed by atoms with E-state index >= 15 is 0 Å². The van der Waals surface area contributed by atoms with Gasteiger partial charge in [0.1, 0.15) is 5.82 Å². The molecule has 0 aliphatic rings. The van der Waals surface area contributed by atoms with Gasteiger partial charge < -0.3 is 5.32 Å². The lowest BCUT2D eigenvalue weighted by molar-refractivity contribution is 0.628. The van der Waals surface area contributed by atoms with Crippen LogP contribution in [0.5, 0.6) is 0 Å². The maximum Gasteiger partial charge on any atom is 0.123 e. The van der Waals surface area contributed by atoms with Crippen LogP contribution in [0.1, 0.15) is 5.56 Å². The van der Waals surface area contributed by atoms with Crippen molar-refractivity contribution in [3.05, 3.63) is 58.9 Å². The molecule has 0 radical (unpaired) electrons. The third-order valence-electron chi connectivity index (χ3n) is 2.60. The van der Waals surface area contributed by atoms with Gasteiger partial charge in [0.15, 0.2) is 0 Å². The molecular formula is C14H13ClFN. The molecule has 2 aromatic rings. The molecule has 0 heterocycles.